The second-order valence-corrected chi connectivity index (χ2v) is 4.28. The zero-order chi connectivity index (χ0) is 10.7. The maximum Gasteiger partial charge on any atom is 0.0184 e. The van der Waals surface area contributed by atoms with Crippen LogP contribution in [0.3, 0.4) is 0 Å². The van der Waals surface area contributed by atoms with Gasteiger partial charge in [-0.25, -0.2) is 0 Å². The van der Waals surface area contributed by atoms with E-state index in [9.17, 15) is 0 Å². The molecule has 0 aliphatic heterocycles. The van der Waals surface area contributed by atoms with Gasteiger partial charge in [0.2, 0.25) is 0 Å². The molecule has 0 radical (unpaired) electrons. The van der Waals surface area contributed by atoms with E-state index in [0.29, 0.717) is 0 Å². The molecule has 0 heterocycles. The van der Waals surface area contributed by atoms with Gasteiger partial charge in [-0.15, -0.1) is 0 Å². The Hall–Kier alpha value is -0.820. The minimum Gasteiger partial charge on any atom is -0.0984 e. The lowest BCUT2D eigenvalue weighted by Crippen LogP contribution is -1.90. The minimum atomic E-state index is 1.12. The second kappa shape index (κ2) is 4.61. The molecule has 0 saturated heterocycles. The predicted molar refractivity (Wildman–Crippen MR) is 68.3 cm³/mol. The van der Waals surface area contributed by atoms with Crippen LogP contribution >= 0.6 is 15.9 Å². The first-order valence-electron chi connectivity index (χ1n) is 4.66. The fourth-order valence-electron chi connectivity index (χ4n) is 1.51. The molecule has 0 N–H and O–H groups in total. The molecular weight excluding hydrogens is 236 g/mol. The molecular formula is C13H15Br. The molecule has 0 fully saturated rings. The summed E-state index contributed by atoms with van der Waals surface area (Å²) < 4.78 is 1.12. The van der Waals surface area contributed by atoms with E-state index in [-0.39, 0.29) is 0 Å². The molecule has 0 aliphatic carbocycles. The van der Waals surface area contributed by atoms with E-state index in [2.05, 4.69) is 61.5 Å². The summed E-state index contributed by atoms with van der Waals surface area (Å²) >= 11 is 3.51. The highest BCUT2D eigenvalue weighted by Gasteiger charge is 2.05. The van der Waals surface area contributed by atoms with Gasteiger partial charge in [-0.3, -0.25) is 0 Å². The molecule has 0 spiro atoms. The summed E-state index contributed by atoms with van der Waals surface area (Å²) in [6.45, 7) is 10.1. The van der Waals surface area contributed by atoms with Gasteiger partial charge in [-0.2, -0.15) is 0 Å². The number of rotatable bonds is 2. The summed E-state index contributed by atoms with van der Waals surface area (Å²) in [6.07, 6.45) is 4.04. The second-order valence-electron chi connectivity index (χ2n) is 3.36. The maximum atomic E-state index is 3.86. The number of hydrogen-bond acceptors (Lipinski definition) is 0. The van der Waals surface area contributed by atoms with E-state index >= 15 is 0 Å². The first-order chi connectivity index (χ1) is 6.60. The molecule has 0 atom stereocenters. The summed E-state index contributed by atoms with van der Waals surface area (Å²) in [5, 5.41) is 0. The zero-order valence-corrected chi connectivity index (χ0v) is 10.5. The van der Waals surface area contributed by atoms with Crippen LogP contribution in [-0.4, -0.2) is 0 Å². The van der Waals surface area contributed by atoms with E-state index in [1.807, 2.05) is 6.08 Å². The molecule has 74 valence electrons. The zero-order valence-electron chi connectivity index (χ0n) is 8.89. The average molecular weight is 251 g/mol. The van der Waals surface area contributed by atoms with Crippen molar-refractivity contribution < 1.29 is 0 Å². The van der Waals surface area contributed by atoms with Crippen LogP contribution in [0, 0.1) is 6.92 Å². The van der Waals surface area contributed by atoms with Crippen molar-refractivity contribution in [3.8, 4) is 0 Å². The first-order valence-corrected chi connectivity index (χ1v) is 5.45. The molecule has 0 nitrogen and oxygen atoms in total. The molecule has 0 aromatic heterocycles. The van der Waals surface area contributed by atoms with E-state index in [1.54, 1.807) is 0 Å². The molecule has 0 bridgehead atoms. The first kappa shape index (κ1) is 11.3. The number of aryl methyl sites for hydroxylation is 1. The fraction of sp³-hybridized carbons (Fsp3) is 0.231. The Labute approximate surface area is 94.5 Å². The molecule has 14 heavy (non-hydrogen) atoms. The molecule has 1 aromatic rings. The largest absolute Gasteiger partial charge is 0.0984 e. The monoisotopic (exact) mass is 250 g/mol. The van der Waals surface area contributed by atoms with Crippen molar-refractivity contribution in [3.05, 3.63) is 46.0 Å². The molecule has 0 unspecified atom stereocenters. The van der Waals surface area contributed by atoms with Crippen LogP contribution in [0.1, 0.15) is 30.5 Å². The number of benzene rings is 1. The molecule has 1 rings (SSSR count). The highest BCUT2D eigenvalue weighted by Crippen LogP contribution is 2.27. The molecule has 0 saturated carbocycles. The fourth-order valence-corrected chi connectivity index (χ4v) is 2.08. The molecule has 0 amide bonds. The lowest BCUT2D eigenvalue weighted by molar-refractivity contribution is 1.38. The molecule has 1 aromatic carbocycles. The van der Waals surface area contributed by atoms with Gasteiger partial charge >= 0.3 is 0 Å². The van der Waals surface area contributed by atoms with Crippen molar-refractivity contribution in [3.63, 3.8) is 0 Å². The smallest absolute Gasteiger partial charge is 0.0184 e. The SMILES string of the molecule is C=Cc1c(C)cc(Br)cc1/C(C)=C/C. The molecule has 1 heteroatoms. The van der Waals surface area contributed by atoms with Crippen molar-refractivity contribution in [1.29, 1.82) is 0 Å². The number of allylic oxidation sites excluding steroid dienone is 2. The van der Waals surface area contributed by atoms with Gasteiger partial charge < -0.3 is 0 Å². The van der Waals surface area contributed by atoms with E-state index < -0.39 is 0 Å². The van der Waals surface area contributed by atoms with Gasteiger partial charge in [0.1, 0.15) is 0 Å². The lowest BCUT2D eigenvalue weighted by atomic mass is 9.97. The van der Waals surface area contributed by atoms with Gasteiger partial charge in [-0.05, 0) is 55.2 Å². The van der Waals surface area contributed by atoms with Gasteiger partial charge in [0.05, 0.1) is 0 Å². The van der Waals surface area contributed by atoms with E-state index in [4.69, 9.17) is 0 Å². The third kappa shape index (κ3) is 2.16. The van der Waals surface area contributed by atoms with Crippen molar-refractivity contribution >= 4 is 27.6 Å². The average Bonchev–Trinajstić information content (AvgIpc) is 2.15. The van der Waals surface area contributed by atoms with Crippen molar-refractivity contribution in [2.45, 2.75) is 20.8 Å². The van der Waals surface area contributed by atoms with Gasteiger partial charge in [0.15, 0.2) is 0 Å². The summed E-state index contributed by atoms with van der Waals surface area (Å²) in [4.78, 5) is 0. The van der Waals surface area contributed by atoms with Crippen LogP contribution in [0.4, 0.5) is 0 Å². The van der Waals surface area contributed by atoms with E-state index in [1.165, 1.54) is 22.3 Å². The number of halogens is 1. The minimum absolute atomic E-state index is 1.12. The summed E-state index contributed by atoms with van der Waals surface area (Å²) in [5.41, 5.74) is 5.02. The van der Waals surface area contributed by atoms with Crippen molar-refractivity contribution in [2.75, 3.05) is 0 Å². The number of hydrogen-bond donors (Lipinski definition) is 0. The summed E-state index contributed by atoms with van der Waals surface area (Å²) in [7, 11) is 0. The maximum absolute atomic E-state index is 3.86. The topological polar surface area (TPSA) is 0 Å². The third-order valence-corrected chi connectivity index (χ3v) is 2.87. The van der Waals surface area contributed by atoms with Crippen molar-refractivity contribution in [1.82, 2.24) is 0 Å². The highest BCUT2D eigenvalue weighted by molar-refractivity contribution is 9.10. The Morgan fingerprint density at radius 1 is 1.43 bits per heavy atom. The molecule has 0 aliphatic rings. The van der Waals surface area contributed by atoms with Crippen LogP contribution in [0.2, 0.25) is 0 Å². The normalized spacial score (nSPS) is 11.6. The van der Waals surface area contributed by atoms with Gasteiger partial charge in [0.25, 0.3) is 0 Å². The third-order valence-electron chi connectivity index (χ3n) is 2.41. The Morgan fingerprint density at radius 3 is 2.57 bits per heavy atom. The Morgan fingerprint density at radius 2 is 2.07 bits per heavy atom. The standard InChI is InChI=1S/C13H15Br/c1-5-9(3)13-8-11(14)7-10(4)12(13)6-2/h5-8H,2H2,1,3-4H3/b9-5+. The van der Waals surface area contributed by atoms with Gasteiger partial charge in [0, 0.05) is 4.47 Å². The van der Waals surface area contributed by atoms with Crippen LogP contribution in [-0.2, 0) is 0 Å². The highest BCUT2D eigenvalue weighted by atomic mass is 79.9. The van der Waals surface area contributed by atoms with Crippen LogP contribution in [0.25, 0.3) is 11.6 Å². The van der Waals surface area contributed by atoms with Gasteiger partial charge in [-0.1, -0.05) is 34.7 Å². The Balaban J connectivity index is 3.47. The lowest BCUT2D eigenvalue weighted by Gasteiger charge is -2.10. The Kier molecular flexibility index (Phi) is 3.70. The summed E-state index contributed by atoms with van der Waals surface area (Å²) in [5.74, 6) is 0. The van der Waals surface area contributed by atoms with E-state index in [0.717, 1.165) is 4.47 Å². The van der Waals surface area contributed by atoms with Crippen molar-refractivity contribution in [2.24, 2.45) is 0 Å². The quantitative estimate of drug-likeness (QED) is 0.706. The summed E-state index contributed by atoms with van der Waals surface area (Å²) in [6, 6.07) is 4.25. The predicted octanol–water partition coefficient (Wildman–Crippen LogP) is 4.82. The Bertz CT molecular complexity index is 386. The van der Waals surface area contributed by atoms with Crippen LogP contribution < -0.4 is 0 Å². The van der Waals surface area contributed by atoms with Crippen LogP contribution in [0.15, 0.2) is 29.3 Å². The van der Waals surface area contributed by atoms with Crippen LogP contribution in [0.5, 0.6) is 0 Å².